The summed E-state index contributed by atoms with van der Waals surface area (Å²) in [4.78, 5) is 10.7. The largest absolute Gasteiger partial charge is 1.00 e. The molecule has 0 aliphatic carbocycles. The van der Waals surface area contributed by atoms with Crippen LogP contribution in [0.5, 0.6) is 5.75 Å². The van der Waals surface area contributed by atoms with E-state index in [1.807, 2.05) is 0 Å². The van der Waals surface area contributed by atoms with Crippen molar-refractivity contribution in [3.63, 3.8) is 0 Å². The van der Waals surface area contributed by atoms with Gasteiger partial charge in [-0.1, -0.05) is 0 Å². The molecule has 0 heterocycles. The van der Waals surface area contributed by atoms with E-state index in [1.54, 1.807) is 24.3 Å². The SMILES string of the molecule is CC(C)(Oc1cc[c-]cc1)C(=O)O.[Li+]. The van der Waals surface area contributed by atoms with Crippen LogP contribution in [0.2, 0.25) is 0 Å². The molecular weight excluding hydrogens is 175 g/mol. The maximum atomic E-state index is 10.7. The van der Waals surface area contributed by atoms with Crippen molar-refractivity contribution in [3.05, 3.63) is 30.3 Å². The number of carbonyl (C=O) groups is 1. The van der Waals surface area contributed by atoms with Gasteiger partial charge in [-0.2, -0.15) is 18.2 Å². The van der Waals surface area contributed by atoms with Crippen LogP contribution >= 0.6 is 0 Å². The Morgan fingerprint density at radius 1 is 1.43 bits per heavy atom. The molecule has 0 fully saturated rings. The predicted molar refractivity (Wildman–Crippen MR) is 47.6 cm³/mol. The average molecular weight is 186 g/mol. The van der Waals surface area contributed by atoms with E-state index in [0.29, 0.717) is 5.75 Å². The van der Waals surface area contributed by atoms with Gasteiger partial charge in [0.25, 0.3) is 0 Å². The van der Waals surface area contributed by atoms with Crippen LogP contribution in [0.1, 0.15) is 13.8 Å². The van der Waals surface area contributed by atoms with Gasteiger partial charge in [-0.05, 0) is 13.8 Å². The van der Waals surface area contributed by atoms with Gasteiger partial charge in [0.1, 0.15) is 0 Å². The summed E-state index contributed by atoms with van der Waals surface area (Å²) in [5, 5.41) is 8.77. The molecule has 4 heteroatoms. The van der Waals surface area contributed by atoms with E-state index in [9.17, 15) is 4.79 Å². The van der Waals surface area contributed by atoms with Gasteiger partial charge in [0.15, 0.2) is 5.60 Å². The number of aliphatic carboxylic acids is 1. The first-order chi connectivity index (χ1) is 6.02. The smallest absolute Gasteiger partial charge is 0.502 e. The molecule has 3 nitrogen and oxygen atoms in total. The van der Waals surface area contributed by atoms with Gasteiger partial charge in [-0.15, -0.1) is 12.1 Å². The minimum Gasteiger partial charge on any atom is -0.502 e. The van der Waals surface area contributed by atoms with E-state index in [4.69, 9.17) is 9.84 Å². The van der Waals surface area contributed by atoms with Crippen molar-refractivity contribution in [2.75, 3.05) is 0 Å². The van der Waals surface area contributed by atoms with Crippen molar-refractivity contribution in [1.29, 1.82) is 0 Å². The van der Waals surface area contributed by atoms with Gasteiger partial charge in [-0.25, -0.2) is 4.79 Å². The first kappa shape index (κ1) is 13.1. The summed E-state index contributed by atoms with van der Waals surface area (Å²) in [5.74, 6) is -0.452. The summed E-state index contributed by atoms with van der Waals surface area (Å²) in [6.45, 7) is 3.01. The van der Waals surface area contributed by atoms with Gasteiger partial charge in [-0.3, -0.25) is 0 Å². The van der Waals surface area contributed by atoms with Gasteiger partial charge in [0.2, 0.25) is 0 Å². The number of carboxylic acid groups (broad SMARTS) is 1. The molecule has 1 rings (SSSR count). The minimum absolute atomic E-state index is 0. The van der Waals surface area contributed by atoms with Crippen LogP contribution in [0.15, 0.2) is 24.3 Å². The van der Waals surface area contributed by atoms with E-state index in [0.717, 1.165) is 0 Å². The molecule has 0 saturated heterocycles. The van der Waals surface area contributed by atoms with Crippen molar-refractivity contribution in [2.24, 2.45) is 0 Å². The topological polar surface area (TPSA) is 46.5 Å². The molecule has 0 unspecified atom stereocenters. The Hall–Kier alpha value is -0.913. The molecule has 0 spiro atoms. The number of hydrogen-bond donors (Lipinski definition) is 1. The normalized spacial score (nSPS) is 10.1. The van der Waals surface area contributed by atoms with Crippen molar-refractivity contribution in [1.82, 2.24) is 0 Å². The summed E-state index contributed by atoms with van der Waals surface area (Å²) in [6, 6.07) is 9.51. The van der Waals surface area contributed by atoms with Crippen molar-refractivity contribution in [3.8, 4) is 5.75 Å². The van der Waals surface area contributed by atoms with Crippen molar-refractivity contribution in [2.45, 2.75) is 19.4 Å². The van der Waals surface area contributed by atoms with E-state index in [-0.39, 0.29) is 18.9 Å². The summed E-state index contributed by atoms with van der Waals surface area (Å²) in [7, 11) is 0. The molecule has 0 amide bonds. The third-order valence-electron chi connectivity index (χ3n) is 1.58. The Labute approximate surface area is 95.3 Å². The predicted octanol–water partition coefficient (Wildman–Crippen LogP) is -1.27. The van der Waals surface area contributed by atoms with Gasteiger partial charge < -0.3 is 9.84 Å². The van der Waals surface area contributed by atoms with Crippen molar-refractivity contribution < 1.29 is 33.5 Å². The molecule has 0 aromatic heterocycles. The monoisotopic (exact) mass is 186 g/mol. The summed E-state index contributed by atoms with van der Waals surface area (Å²) < 4.78 is 5.24. The number of rotatable bonds is 3. The Kier molecular flexibility index (Phi) is 4.76. The fourth-order valence-corrected chi connectivity index (χ4v) is 0.778. The molecule has 1 aromatic rings. The van der Waals surface area contributed by atoms with Gasteiger partial charge in [0, 0.05) is 5.75 Å². The van der Waals surface area contributed by atoms with Crippen LogP contribution in [0.3, 0.4) is 0 Å². The number of hydrogen-bond acceptors (Lipinski definition) is 2. The maximum absolute atomic E-state index is 10.7. The Morgan fingerprint density at radius 2 is 1.93 bits per heavy atom. The van der Waals surface area contributed by atoms with Gasteiger partial charge in [0.05, 0.1) is 0 Å². The number of carboxylic acids is 1. The van der Waals surface area contributed by atoms with Crippen LogP contribution in [-0.4, -0.2) is 16.7 Å². The average Bonchev–Trinajstić information content (AvgIpc) is 2.05. The van der Waals surface area contributed by atoms with Gasteiger partial charge >= 0.3 is 24.8 Å². The number of ether oxygens (including phenoxy) is 1. The molecule has 70 valence electrons. The van der Waals surface area contributed by atoms with E-state index >= 15 is 0 Å². The van der Waals surface area contributed by atoms with Crippen LogP contribution in [-0.2, 0) is 4.79 Å². The molecule has 0 radical (unpaired) electrons. The van der Waals surface area contributed by atoms with E-state index < -0.39 is 11.6 Å². The second kappa shape index (κ2) is 5.09. The third kappa shape index (κ3) is 3.45. The fourth-order valence-electron chi connectivity index (χ4n) is 0.778. The van der Waals surface area contributed by atoms with Crippen LogP contribution < -0.4 is 23.6 Å². The summed E-state index contributed by atoms with van der Waals surface area (Å²) in [6.07, 6.45) is 0. The van der Waals surface area contributed by atoms with Crippen LogP contribution in [0.25, 0.3) is 0 Å². The standard InChI is InChI=1S/C10H11O3.Li/c1-10(2,9(11)12)13-8-6-4-3-5-7-8;/h4-7H,1-2H3,(H,11,12);/q-1;+1. The minimum atomic E-state index is -1.19. The zero-order valence-corrected chi connectivity index (χ0v) is 8.57. The van der Waals surface area contributed by atoms with Crippen LogP contribution in [0.4, 0.5) is 0 Å². The molecule has 14 heavy (non-hydrogen) atoms. The number of benzene rings is 1. The Morgan fingerprint density at radius 3 is 2.36 bits per heavy atom. The van der Waals surface area contributed by atoms with Crippen LogP contribution in [0, 0.1) is 6.07 Å². The molecule has 0 aliphatic rings. The molecule has 0 saturated carbocycles. The maximum Gasteiger partial charge on any atom is 1.00 e. The summed E-state index contributed by atoms with van der Waals surface area (Å²) in [5.41, 5.74) is -1.19. The zero-order chi connectivity index (χ0) is 9.90. The third-order valence-corrected chi connectivity index (χ3v) is 1.58. The first-order valence-corrected chi connectivity index (χ1v) is 3.91. The second-order valence-electron chi connectivity index (χ2n) is 3.15. The molecular formula is C10H11LiO3. The Balaban J connectivity index is 0.00000169. The first-order valence-electron chi connectivity index (χ1n) is 3.91. The molecule has 0 atom stereocenters. The summed E-state index contributed by atoms with van der Waals surface area (Å²) >= 11 is 0. The molecule has 1 aromatic carbocycles. The Bertz CT molecular complexity index is 295. The van der Waals surface area contributed by atoms with E-state index in [1.165, 1.54) is 13.8 Å². The molecule has 1 N–H and O–H groups in total. The molecule has 0 aliphatic heterocycles. The zero-order valence-electron chi connectivity index (χ0n) is 8.57. The fraction of sp³-hybridized carbons (Fsp3) is 0.300. The van der Waals surface area contributed by atoms with E-state index in [2.05, 4.69) is 6.07 Å². The molecule has 0 bridgehead atoms. The quantitative estimate of drug-likeness (QED) is 0.473. The second-order valence-corrected chi connectivity index (χ2v) is 3.15. The van der Waals surface area contributed by atoms with Crippen molar-refractivity contribution >= 4 is 5.97 Å².